The molecule has 0 atom stereocenters. The first-order valence-corrected chi connectivity index (χ1v) is 8.88. The van der Waals surface area contributed by atoms with E-state index < -0.39 is 0 Å². The number of carbonyl (C=O) groups is 1. The molecule has 0 unspecified atom stereocenters. The number of aromatic nitrogens is 1. The molecule has 4 rings (SSSR count). The van der Waals surface area contributed by atoms with E-state index in [4.69, 9.17) is 9.15 Å². The van der Waals surface area contributed by atoms with Crippen LogP contribution in [-0.4, -0.2) is 17.1 Å². The Morgan fingerprint density at radius 1 is 1.00 bits per heavy atom. The van der Waals surface area contributed by atoms with E-state index in [0.717, 1.165) is 16.8 Å². The molecule has 2 aromatic carbocycles. The predicted octanol–water partition coefficient (Wildman–Crippen LogP) is 4.24. The van der Waals surface area contributed by atoms with Gasteiger partial charge in [0.15, 0.2) is 5.58 Å². The summed E-state index contributed by atoms with van der Waals surface area (Å²) in [5.74, 6) is 0.674. The third-order valence-electron chi connectivity index (χ3n) is 4.38. The highest BCUT2D eigenvalue weighted by atomic mass is 16.5. The van der Waals surface area contributed by atoms with Gasteiger partial charge in [-0.15, -0.1) is 0 Å². The first-order chi connectivity index (χ1) is 13.3. The number of nitrogens with one attached hydrogen (secondary N) is 1. The number of furan rings is 1. The fourth-order valence-corrected chi connectivity index (χ4v) is 3.05. The lowest BCUT2D eigenvalue weighted by atomic mass is 10.2. The fourth-order valence-electron chi connectivity index (χ4n) is 3.05. The lowest BCUT2D eigenvalue weighted by molar-refractivity contribution is 0.0941. The number of rotatable bonds is 7. The molecule has 4 aromatic rings. The molecule has 136 valence electrons. The number of nitrogens with zero attached hydrogens (tertiary/aromatic N) is 1. The van der Waals surface area contributed by atoms with Crippen molar-refractivity contribution in [2.24, 2.45) is 0 Å². The average molecular weight is 360 g/mol. The number of para-hydroxylation sites is 1. The van der Waals surface area contributed by atoms with Crippen molar-refractivity contribution in [3.63, 3.8) is 0 Å². The monoisotopic (exact) mass is 360 g/mol. The van der Waals surface area contributed by atoms with Crippen molar-refractivity contribution in [3.8, 4) is 5.75 Å². The van der Waals surface area contributed by atoms with Gasteiger partial charge in [0, 0.05) is 18.7 Å². The van der Waals surface area contributed by atoms with Gasteiger partial charge in [0.05, 0.1) is 18.3 Å². The van der Waals surface area contributed by atoms with E-state index in [1.54, 1.807) is 12.3 Å². The molecular formula is C22H20N2O3. The molecule has 5 nitrogen and oxygen atoms in total. The Morgan fingerprint density at radius 2 is 1.74 bits per heavy atom. The number of benzene rings is 2. The standard InChI is InChI=1S/C22H20N2O3/c25-22(23-16-17-7-3-1-4-8-17)20-15-21-19(11-13-27-21)24(20)12-14-26-18-9-5-2-6-10-18/h1-11,13,15H,12,14,16H2,(H,23,25). The van der Waals surface area contributed by atoms with Crippen LogP contribution in [0.25, 0.3) is 11.1 Å². The van der Waals surface area contributed by atoms with Crippen LogP contribution in [-0.2, 0) is 13.1 Å². The molecule has 0 aliphatic carbocycles. The minimum atomic E-state index is -0.134. The quantitative estimate of drug-likeness (QED) is 0.536. The highest BCUT2D eigenvalue weighted by Crippen LogP contribution is 2.21. The lowest BCUT2D eigenvalue weighted by Crippen LogP contribution is -2.26. The van der Waals surface area contributed by atoms with Crippen molar-refractivity contribution in [1.82, 2.24) is 9.88 Å². The minimum Gasteiger partial charge on any atom is -0.492 e. The van der Waals surface area contributed by atoms with Crippen LogP contribution in [0.4, 0.5) is 0 Å². The van der Waals surface area contributed by atoms with E-state index >= 15 is 0 Å². The second kappa shape index (κ2) is 7.83. The predicted molar refractivity (Wildman–Crippen MR) is 104 cm³/mol. The molecule has 0 spiro atoms. The van der Waals surface area contributed by atoms with Crippen molar-refractivity contribution in [3.05, 3.63) is 90.3 Å². The van der Waals surface area contributed by atoms with E-state index in [-0.39, 0.29) is 5.91 Å². The second-order valence-electron chi connectivity index (χ2n) is 6.18. The van der Waals surface area contributed by atoms with Crippen molar-refractivity contribution < 1.29 is 13.9 Å². The molecule has 0 saturated carbocycles. The molecule has 1 N–H and O–H groups in total. The van der Waals surface area contributed by atoms with E-state index in [1.165, 1.54) is 0 Å². The first-order valence-electron chi connectivity index (χ1n) is 8.88. The number of carbonyl (C=O) groups excluding carboxylic acids is 1. The van der Waals surface area contributed by atoms with Crippen LogP contribution in [0.1, 0.15) is 16.1 Å². The van der Waals surface area contributed by atoms with Crippen LogP contribution in [0, 0.1) is 0 Å². The maximum Gasteiger partial charge on any atom is 0.268 e. The number of fused-ring (bicyclic) bond motifs is 1. The summed E-state index contributed by atoms with van der Waals surface area (Å²) in [6.07, 6.45) is 1.63. The fraction of sp³-hybridized carbons (Fsp3) is 0.136. The van der Waals surface area contributed by atoms with Gasteiger partial charge in [0.25, 0.3) is 5.91 Å². The first kappa shape index (κ1) is 17.0. The molecule has 2 heterocycles. The van der Waals surface area contributed by atoms with Gasteiger partial charge in [-0.2, -0.15) is 0 Å². The Hall–Kier alpha value is -3.47. The number of amides is 1. The van der Waals surface area contributed by atoms with E-state index in [9.17, 15) is 4.79 Å². The summed E-state index contributed by atoms with van der Waals surface area (Å²) in [7, 11) is 0. The largest absolute Gasteiger partial charge is 0.492 e. The average Bonchev–Trinajstić information content (AvgIpc) is 3.30. The van der Waals surface area contributed by atoms with Crippen LogP contribution >= 0.6 is 0 Å². The summed E-state index contributed by atoms with van der Waals surface area (Å²) in [6, 6.07) is 23.1. The Morgan fingerprint density at radius 3 is 2.52 bits per heavy atom. The van der Waals surface area contributed by atoms with Crippen LogP contribution < -0.4 is 10.1 Å². The molecule has 27 heavy (non-hydrogen) atoms. The highest BCUT2D eigenvalue weighted by Gasteiger charge is 2.17. The van der Waals surface area contributed by atoms with Gasteiger partial charge in [-0.1, -0.05) is 48.5 Å². The van der Waals surface area contributed by atoms with Gasteiger partial charge in [-0.3, -0.25) is 4.79 Å². The highest BCUT2D eigenvalue weighted by molar-refractivity contribution is 5.97. The Labute approximate surface area is 157 Å². The summed E-state index contributed by atoms with van der Waals surface area (Å²) in [6.45, 7) is 1.48. The zero-order chi connectivity index (χ0) is 18.5. The van der Waals surface area contributed by atoms with Gasteiger partial charge in [-0.05, 0) is 17.7 Å². The Bertz CT molecular complexity index is 1020. The van der Waals surface area contributed by atoms with Crippen LogP contribution in [0.15, 0.2) is 83.5 Å². The van der Waals surface area contributed by atoms with Gasteiger partial charge in [0.1, 0.15) is 18.1 Å². The Kier molecular flexibility index (Phi) is 4.92. The summed E-state index contributed by atoms with van der Waals surface area (Å²) >= 11 is 0. The molecule has 0 saturated heterocycles. The van der Waals surface area contributed by atoms with Gasteiger partial charge in [-0.25, -0.2) is 0 Å². The SMILES string of the molecule is O=C(NCc1ccccc1)c1cc2occc2n1CCOc1ccccc1. The summed E-state index contributed by atoms with van der Waals surface area (Å²) in [4.78, 5) is 12.7. The normalized spacial score (nSPS) is 10.8. The third kappa shape index (κ3) is 3.87. The van der Waals surface area contributed by atoms with E-state index in [2.05, 4.69) is 5.32 Å². The van der Waals surface area contributed by atoms with Gasteiger partial charge < -0.3 is 19.0 Å². The number of hydrogen-bond donors (Lipinski definition) is 1. The molecule has 2 aromatic heterocycles. The van der Waals surface area contributed by atoms with Crippen LogP contribution in [0.5, 0.6) is 5.75 Å². The molecule has 0 aliphatic rings. The van der Waals surface area contributed by atoms with Gasteiger partial charge >= 0.3 is 0 Å². The smallest absolute Gasteiger partial charge is 0.268 e. The van der Waals surface area contributed by atoms with Crippen molar-refractivity contribution in [2.75, 3.05) is 6.61 Å². The van der Waals surface area contributed by atoms with Crippen molar-refractivity contribution in [1.29, 1.82) is 0 Å². The van der Waals surface area contributed by atoms with E-state index in [1.807, 2.05) is 71.3 Å². The van der Waals surface area contributed by atoms with Crippen LogP contribution in [0.3, 0.4) is 0 Å². The molecular weight excluding hydrogens is 340 g/mol. The molecule has 0 radical (unpaired) electrons. The molecule has 0 fully saturated rings. The second-order valence-corrected chi connectivity index (χ2v) is 6.18. The summed E-state index contributed by atoms with van der Waals surface area (Å²) < 4.78 is 13.2. The zero-order valence-corrected chi connectivity index (χ0v) is 14.8. The number of hydrogen-bond acceptors (Lipinski definition) is 3. The molecule has 5 heteroatoms. The van der Waals surface area contributed by atoms with Gasteiger partial charge in [0.2, 0.25) is 0 Å². The summed E-state index contributed by atoms with van der Waals surface area (Å²) in [5, 5.41) is 2.97. The lowest BCUT2D eigenvalue weighted by Gasteiger charge is -2.12. The van der Waals surface area contributed by atoms with E-state index in [0.29, 0.717) is 31.0 Å². The van der Waals surface area contributed by atoms with Crippen molar-refractivity contribution in [2.45, 2.75) is 13.1 Å². The Balaban J connectivity index is 1.47. The summed E-state index contributed by atoms with van der Waals surface area (Å²) in [5.41, 5.74) is 3.20. The van der Waals surface area contributed by atoms with Crippen molar-refractivity contribution >= 4 is 17.0 Å². The third-order valence-corrected chi connectivity index (χ3v) is 4.38. The maximum atomic E-state index is 12.7. The van der Waals surface area contributed by atoms with Crippen LogP contribution in [0.2, 0.25) is 0 Å². The molecule has 0 aliphatic heterocycles. The minimum absolute atomic E-state index is 0.134. The number of ether oxygens (including phenoxy) is 1. The topological polar surface area (TPSA) is 56.4 Å². The molecule has 1 amide bonds. The maximum absolute atomic E-state index is 12.7. The zero-order valence-electron chi connectivity index (χ0n) is 14.8. The molecule has 0 bridgehead atoms.